The van der Waals surface area contributed by atoms with Gasteiger partial charge < -0.3 is 15.0 Å². The molecule has 1 N–H and O–H groups in total. The zero-order valence-electron chi connectivity index (χ0n) is 12.9. The van der Waals surface area contributed by atoms with Gasteiger partial charge >= 0.3 is 0 Å². The minimum atomic E-state index is -0.224. The highest BCUT2D eigenvalue weighted by molar-refractivity contribution is 5.77. The molecule has 2 aliphatic rings. The number of ether oxygens (including phenoxy) is 1. The Balaban J connectivity index is 1.72. The second kappa shape index (κ2) is 6.75. The summed E-state index contributed by atoms with van der Waals surface area (Å²) in [4.78, 5) is 14.5. The lowest BCUT2D eigenvalue weighted by atomic mass is 10.00. The molecule has 2 aliphatic heterocycles. The Kier molecular flexibility index (Phi) is 4.74. The first-order chi connectivity index (χ1) is 10.6. The zero-order valence-corrected chi connectivity index (χ0v) is 12.9. The Morgan fingerprint density at radius 2 is 2.27 bits per heavy atom. The number of carbonyl (C=O) groups excluding carboxylic acids is 1. The fourth-order valence-electron chi connectivity index (χ4n) is 3.44. The van der Waals surface area contributed by atoms with Crippen molar-refractivity contribution < 1.29 is 13.9 Å². The quantitative estimate of drug-likeness (QED) is 0.930. The molecule has 3 atom stereocenters. The number of benzene rings is 1. The third kappa shape index (κ3) is 3.31. The Hall–Kier alpha value is -1.46. The maximum absolute atomic E-state index is 14.1. The van der Waals surface area contributed by atoms with E-state index in [1.165, 1.54) is 6.07 Å². The largest absolute Gasteiger partial charge is 0.378 e. The van der Waals surface area contributed by atoms with Crippen LogP contribution in [-0.4, -0.2) is 43.2 Å². The Bertz CT molecular complexity index is 531. The van der Waals surface area contributed by atoms with E-state index in [0.29, 0.717) is 37.7 Å². The smallest absolute Gasteiger partial charge is 0.224 e. The molecule has 1 amide bonds. The first kappa shape index (κ1) is 15.4. The van der Waals surface area contributed by atoms with E-state index in [-0.39, 0.29) is 23.8 Å². The number of nitrogens with one attached hydrogen (secondary N) is 1. The van der Waals surface area contributed by atoms with Crippen molar-refractivity contribution in [2.75, 3.05) is 26.3 Å². The predicted molar refractivity (Wildman–Crippen MR) is 81.9 cm³/mol. The maximum Gasteiger partial charge on any atom is 0.224 e. The molecule has 3 rings (SSSR count). The van der Waals surface area contributed by atoms with Gasteiger partial charge in [0.2, 0.25) is 5.91 Å². The second-order valence-corrected chi connectivity index (χ2v) is 6.35. The number of likely N-dealkylation sites (tertiary alicyclic amines) is 1. The van der Waals surface area contributed by atoms with Gasteiger partial charge in [-0.25, -0.2) is 4.39 Å². The summed E-state index contributed by atoms with van der Waals surface area (Å²) < 4.78 is 19.5. The maximum atomic E-state index is 14.1. The number of rotatable bonds is 3. The minimum Gasteiger partial charge on any atom is -0.378 e. The van der Waals surface area contributed by atoms with E-state index in [2.05, 4.69) is 12.2 Å². The molecule has 0 bridgehead atoms. The highest BCUT2D eigenvalue weighted by Crippen LogP contribution is 2.36. The summed E-state index contributed by atoms with van der Waals surface area (Å²) >= 11 is 0. The van der Waals surface area contributed by atoms with E-state index in [4.69, 9.17) is 4.74 Å². The molecule has 0 aliphatic carbocycles. The van der Waals surface area contributed by atoms with Crippen LogP contribution in [0.2, 0.25) is 0 Å². The fourth-order valence-corrected chi connectivity index (χ4v) is 3.44. The van der Waals surface area contributed by atoms with Crippen molar-refractivity contribution in [3.63, 3.8) is 0 Å². The van der Waals surface area contributed by atoms with Gasteiger partial charge in [0.1, 0.15) is 5.82 Å². The normalized spacial score (nSPS) is 28.8. The minimum absolute atomic E-state index is 0.0680. The molecule has 5 heteroatoms. The second-order valence-electron chi connectivity index (χ2n) is 6.35. The summed E-state index contributed by atoms with van der Waals surface area (Å²) in [7, 11) is 0. The topological polar surface area (TPSA) is 41.6 Å². The molecule has 2 saturated heterocycles. The van der Waals surface area contributed by atoms with Gasteiger partial charge in [-0.05, 0) is 18.4 Å². The SMILES string of the molecule is CC1CC(c2ccccc2F)N(C(=O)CC2COCCN2)C1. The van der Waals surface area contributed by atoms with Crippen molar-refractivity contribution >= 4 is 5.91 Å². The van der Waals surface area contributed by atoms with Gasteiger partial charge in [0.05, 0.1) is 19.3 Å². The molecule has 3 unspecified atom stereocenters. The van der Waals surface area contributed by atoms with Gasteiger partial charge in [-0.3, -0.25) is 4.79 Å². The van der Waals surface area contributed by atoms with Gasteiger partial charge in [0, 0.05) is 31.1 Å². The molecule has 0 saturated carbocycles. The predicted octanol–water partition coefficient (Wildman–Crippen LogP) is 2.11. The molecule has 0 aromatic heterocycles. The van der Waals surface area contributed by atoms with Gasteiger partial charge in [0.15, 0.2) is 0 Å². The summed E-state index contributed by atoms with van der Waals surface area (Å²) in [5.74, 6) is 0.253. The number of halogens is 1. The van der Waals surface area contributed by atoms with Crippen molar-refractivity contribution in [3.8, 4) is 0 Å². The first-order valence-electron chi connectivity index (χ1n) is 8.00. The molecule has 0 radical (unpaired) electrons. The van der Waals surface area contributed by atoms with Crippen LogP contribution in [0.1, 0.15) is 31.4 Å². The molecule has 0 spiro atoms. The first-order valence-corrected chi connectivity index (χ1v) is 8.00. The van der Waals surface area contributed by atoms with Crippen LogP contribution >= 0.6 is 0 Å². The van der Waals surface area contributed by atoms with E-state index >= 15 is 0 Å². The van der Waals surface area contributed by atoms with E-state index in [1.807, 2.05) is 11.0 Å². The summed E-state index contributed by atoms with van der Waals surface area (Å²) in [5, 5.41) is 3.30. The number of amides is 1. The van der Waals surface area contributed by atoms with Crippen molar-refractivity contribution in [1.29, 1.82) is 0 Å². The van der Waals surface area contributed by atoms with Crippen LogP contribution in [0.4, 0.5) is 4.39 Å². The van der Waals surface area contributed by atoms with E-state index in [1.54, 1.807) is 12.1 Å². The highest BCUT2D eigenvalue weighted by Gasteiger charge is 2.36. The van der Waals surface area contributed by atoms with Crippen LogP contribution in [0, 0.1) is 11.7 Å². The van der Waals surface area contributed by atoms with Crippen molar-refractivity contribution in [3.05, 3.63) is 35.6 Å². The molecular formula is C17H23FN2O2. The molecule has 1 aromatic carbocycles. The number of carbonyl (C=O) groups is 1. The summed E-state index contributed by atoms with van der Waals surface area (Å²) in [6, 6.07) is 6.71. The van der Waals surface area contributed by atoms with Crippen molar-refractivity contribution in [2.45, 2.75) is 31.8 Å². The summed E-state index contributed by atoms with van der Waals surface area (Å²) in [5.41, 5.74) is 0.632. The lowest BCUT2D eigenvalue weighted by Crippen LogP contribution is -2.45. The van der Waals surface area contributed by atoms with E-state index < -0.39 is 0 Å². The number of morpholine rings is 1. The third-order valence-corrected chi connectivity index (χ3v) is 4.51. The van der Waals surface area contributed by atoms with Gasteiger partial charge in [0.25, 0.3) is 0 Å². The zero-order chi connectivity index (χ0) is 15.5. The van der Waals surface area contributed by atoms with Crippen LogP contribution < -0.4 is 5.32 Å². The molecule has 4 nitrogen and oxygen atoms in total. The standard InChI is InChI=1S/C17H23FN2O2/c1-12-8-16(14-4-2-3-5-15(14)18)20(10-12)17(21)9-13-11-22-7-6-19-13/h2-5,12-13,16,19H,6-11H2,1H3. The van der Waals surface area contributed by atoms with Crippen molar-refractivity contribution in [2.24, 2.45) is 5.92 Å². The summed E-state index contributed by atoms with van der Waals surface area (Å²) in [6.45, 7) is 4.86. The molecular weight excluding hydrogens is 283 g/mol. The van der Waals surface area contributed by atoms with Crippen LogP contribution in [0.25, 0.3) is 0 Å². The Labute approximate surface area is 130 Å². The number of nitrogens with zero attached hydrogens (tertiary/aromatic N) is 1. The van der Waals surface area contributed by atoms with Crippen molar-refractivity contribution in [1.82, 2.24) is 10.2 Å². The molecule has 1 aromatic rings. The van der Waals surface area contributed by atoms with Gasteiger partial charge in [-0.1, -0.05) is 25.1 Å². The molecule has 2 fully saturated rings. The number of hydrogen-bond donors (Lipinski definition) is 1. The molecule has 2 heterocycles. The monoisotopic (exact) mass is 306 g/mol. The van der Waals surface area contributed by atoms with Crippen LogP contribution in [0.3, 0.4) is 0 Å². The average Bonchev–Trinajstić information content (AvgIpc) is 2.90. The van der Waals surface area contributed by atoms with Gasteiger partial charge in [-0.2, -0.15) is 0 Å². The molecule has 22 heavy (non-hydrogen) atoms. The van der Waals surface area contributed by atoms with Gasteiger partial charge in [-0.15, -0.1) is 0 Å². The number of hydrogen-bond acceptors (Lipinski definition) is 3. The Morgan fingerprint density at radius 3 is 3.00 bits per heavy atom. The van der Waals surface area contributed by atoms with E-state index in [9.17, 15) is 9.18 Å². The van der Waals surface area contributed by atoms with Crippen LogP contribution in [0.15, 0.2) is 24.3 Å². The summed E-state index contributed by atoms with van der Waals surface area (Å²) in [6.07, 6.45) is 1.24. The van der Waals surface area contributed by atoms with Crippen LogP contribution in [-0.2, 0) is 9.53 Å². The third-order valence-electron chi connectivity index (χ3n) is 4.51. The average molecular weight is 306 g/mol. The van der Waals surface area contributed by atoms with Crippen LogP contribution in [0.5, 0.6) is 0 Å². The highest BCUT2D eigenvalue weighted by atomic mass is 19.1. The van der Waals surface area contributed by atoms with E-state index in [0.717, 1.165) is 13.0 Å². The lowest BCUT2D eigenvalue weighted by Gasteiger charge is -2.29. The molecule has 120 valence electrons. The Morgan fingerprint density at radius 1 is 1.45 bits per heavy atom. The lowest BCUT2D eigenvalue weighted by molar-refractivity contribution is -0.133. The fraction of sp³-hybridized carbons (Fsp3) is 0.588.